The van der Waals surface area contributed by atoms with Crippen LogP contribution < -0.4 is 9.62 Å². The minimum Gasteiger partial charge on any atom is -0.355 e. The summed E-state index contributed by atoms with van der Waals surface area (Å²) in [5.74, 6) is -0.116. The van der Waals surface area contributed by atoms with Gasteiger partial charge in [-0.3, -0.25) is 9.52 Å². The van der Waals surface area contributed by atoms with Crippen molar-refractivity contribution in [3.05, 3.63) is 88.6 Å². The summed E-state index contributed by atoms with van der Waals surface area (Å²) < 4.78 is 28.2. The molecule has 1 aromatic heterocycles. The highest BCUT2D eigenvalue weighted by Gasteiger charge is 2.41. The lowest BCUT2D eigenvalue weighted by molar-refractivity contribution is 0.0634. The van der Waals surface area contributed by atoms with E-state index in [9.17, 15) is 13.2 Å². The van der Waals surface area contributed by atoms with Gasteiger partial charge in [-0.2, -0.15) is 0 Å². The second-order valence-electron chi connectivity index (χ2n) is 8.59. The molecular formula is C25H21ClN4O3S. The molecule has 9 heteroatoms. The summed E-state index contributed by atoms with van der Waals surface area (Å²) in [6, 6.07) is 19.2. The summed E-state index contributed by atoms with van der Waals surface area (Å²) in [6.07, 6.45) is 0.515. The lowest BCUT2D eigenvalue weighted by Crippen LogP contribution is -2.51. The first kappa shape index (κ1) is 21.1. The quantitative estimate of drug-likeness (QED) is 0.431. The number of aromatic amines is 1. The highest BCUT2D eigenvalue weighted by atomic mass is 35.5. The standard InChI is InChI=1S/C25H21ClN4O3S/c1-29-22-11-8-16(28-34(32,33)17-9-6-15(26)7-10-17)14-20(22)25(31)30-13-12-19-18-4-2-3-5-21(18)27-23(19)24(29)30/h2-11,14,24,27-28H,12-13H2,1H3. The molecule has 6 rings (SSSR count). The van der Waals surface area contributed by atoms with Gasteiger partial charge in [-0.05, 0) is 60.5 Å². The predicted molar refractivity (Wildman–Crippen MR) is 133 cm³/mol. The van der Waals surface area contributed by atoms with Crippen LogP contribution in [-0.4, -0.2) is 37.8 Å². The Kier molecular flexibility index (Phi) is 4.65. The van der Waals surface area contributed by atoms with Crippen LogP contribution >= 0.6 is 11.6 Å². The second-order valence-corrected chi connectivity index (χ2v) is 10.7. The Morgan fingerprint density at radius 2 is 1.82 bits per heavy atom. The zero-order valence-corrected chi connectivity index (χ0v) is 19.8. The van der Waals surface area contributed by atoms with Gasteiger partial charge in [0.05, 0.1) is 21.8 Å². The van der Waals surface area contributed by atoms with Crippen LogP contribution in [0, 0.1) is 0 Å². The molecule has 2 N–H and O–H groups in total. The van der Waals surface area contributed by atoms with Gasteiger partial charge < -0.3 is 14.8 Å². The van der Waals surface area contributed by atoms with Crippen LogP contribution in [-0.2, 0) is 16.4 Å². The Morgan fingerprint density at radius 3 is 2.62 bits per heavy atom. The van der Waals surface area contributed by atoms with Crippen molar-refractivity contribution in [2.75, 3.05) is 23.2 Å². The number of aromatic nitrogens is 1. The minimum absolute atomic E-state index is 0.0977. The molecule has 0 spiro atoms. The van der Waals surface area contributed by atoms with E-state index in [0.717, 1.165) is 23.3 Å². The van der Waals surface area contributed by atoms with Crippen LogP contribution in [0.5, 0.6) is 0 Å². The van der Waals surface area contributed by atoms with Crippen molar-refractivity contribution in [2.45, 2.75) is 17.5 Å². The van der Waals surface area contributed by atoms with Crippen molar-refractivity contribution in [2.24, 2.45) is 0 Å². The van der Waals surface area contributed by atoms with Crippen molar-refractivity contribution < 1.29 is 13.2 Å². The summed E-state index contributed by atoms with van der Waals surface area (Å²) in [7, 11) is -1.86. The molecule has 2 aliphatic rings. The molecule has 7 nitrogen and oxygen atoms in total. The fourth-order valence-corrected chi connectivity index (χ4v) is 6.20. The number of halogens is 1. The highest BCUT2D eigenvalue weighted by molar-refractivity contribution is 7.92. The maximum atomic E-state index is 13.5. The van der Waals surface area contributed by atoms with Crippen LogP contribution in [0.2, 0.25) is 5.02 Å². The summed E-state index contributed by atoms with van der Waals surface area (Å²) in [4.78, 5) is 21.1. The van der Waals surface area contributed by atoms with Crippen LogP contribution in [0.3, 0.4) is 0 Å². The van der Waals surface area contributed by atoms with E-state index in [4.69, 9.17) is 11.6 Å². The van der Waals surface area contributed by atoms with Crippen LogP contribution in [0.25, 0.3) is 10.9 Å². The monoisotopic (exact) mass is 492 g/mol. The van der Waals surface area contributed by atoms with Gasteiger partial charge in [-0.25, -0.2) is 8.42 Å². The van der Waals surface area contributed by atoms with Gasteiger partial charge in [0.1, 0.15) is 6.17 Å². The predicted octanol–water partition coefficient (Wildman–Crippen LogP) is 4.77. The number of carbonyl (C=O) groups excluding carboxylic acids is 1. The number of rotatable bonds is 3. The van der Waals surface area contributed by atoms with E-state index < -0.39 is 10.0 Å². The number of nitrogens with zero attached hydrogens (tertiary/aromatic N) is 2. The molecule has 0 radical (unpaired) electrons. The second kappa shape index (κ2) is 7.51. The fourth-order valence-electron chi connectivity index (χ4n) is 5.03. The number of nitrogens with one attached hydrogen (secondary N) is 2. The first-order chi connectivity index (χ1) is 16.3. The molecule has 2 aliphatic heterocycles. The molecule has 1 atom stereocenters. The third kappa shape index (κ3) is 3.17. The van der Waals surface area contributed by atoms with Gasteiger partial charge in [0, 0.05) is 35.2 Å². The van der Waals surface area contributed by atoms with Crippen LogP contribution in [0.4, 0.5) is 11.4 Å². The molecule has 3 heterocycles. The first-order valence-electron chi connectivity index (χ1n) is 10.9. The van der Waals surface area contributed by atoms with Gasteiger partial charge in [-0.15, -0.1) is 0 Å². The molecule has 1 unspecified atom stereocenters. The molecule has 34 heavy (non-hydrogen) atoms. The molecule has 0 saturated heterocycles. The molecule has 0 saturated carbocycles. The van der Waals surface area contributed by atoms with E-state index in [1.807, 2.05) is 24.1 Å². The van der Waals surface area contributed by atoms with Gasteiger partial charge in [0.2, 0.25) is 0 Å². The zero-order valence-electron chi connectivity index (χ0n) is 18.2. The normalized spacial score (nSPS) is 17.4. The van der Waals surface area contributed by atoms with E-state index in [0.29, 0.717) is 22.8 Å². The van der Waals surface area contributed by atoms with E-state index >= 15 is 0 Å². The average Bonchev–Trinajstić information content (AvgIpc) is 3.21. The molecule has 1 amide bonds. The molecule has 3 aromatic carbocycles. The number of sulfonamides is 1. The summed E-state index contributed by atoms with van der Waals surface area (Å²) in [5.41, 5.74) is 4.89. The molecule has 0 fully saturated rings. The van der Waals surface area contributed by atoms with Crippen LogP contribution in [0.1, 0.15) is 27.8 Å². The van der Waals surface area contributed by atoms with E-state index in [1.54, 1.807) is 18.2 Å². The Balaban J connectivity index is 1.37. The topological polar surface area (TPSA) is 85.5 Å². The van der Waals surface area contributed by atoms with E-state index in [-0.39, 0.29) is 17.0 Å². The molecule has 0 aliphatic carbocycles. The number of fused-ring (bicyclic) bond motifs is 6. The van der Waals surface area contributed by atoms with Gasteiger partial charge >= 0.3 is 0 Å². The number of hydrogen-bond donors (Lipinski definition) is 2. The van der Waals surface area contributed by atoms with Gasteiger partial charge in [-0.1, -0.05) is 29.8 Å². The minimum atomic E-state index is -3.82. The van der Waals surface area contributed by atoms with Crippen LogP contribution in [0.15, 0.2) is 71.6 Å². The van der Waals surface area contributed by atoms with E-state index in [2.05, 4.69) is 26.7 Å². The maximum Gasteiger partial charge on any atom is 0.261 e. The Hall–Kier alpha value is -3.49. The number of benzene rings is 3. The maximum absolute atomic E-state index is 13.5. The smallest absolute Gasteiger partial charge is 0.261 e. The molecule has 4 aromatic rings. The number of H-pyrrole nitrogens is 1. The SMILES string of the molecule is CN1c2ccc(NS(=O)(=O)c3ccc(Cl)cc3)cc2C(=O)N2CCc3c([nH]c4ccccc34)C21. The number of para-hydroxylation sites is 1. The molecular weight excluding hydrogens is 472 g/mol. The van der Waals surface area contributed by atoms with Crippen molar-refractivity contribution in [1.29, 1.82) is 0 Å². The first-order valence-corrected chi connectivity index (χ1v) is 12.8. The van der Waals surface area contributed by atoms with Gasteiger partial charge in [0.15, 0.2) is 0 Å². The average molecular weight is 493 g/mol. The van der Waals surface area contributed by atoms with Gasteiger partial charge in [0.25, 0.3) is 15.9 Å². The molecule has 0 bridgehead atoms. The third-order valence-electron chi connectivity index (χ3n) is 6.61. The van der Waals surface area contributed by atoms with Crippen molar-refractivity contribution in [3.63, 3.8) is 0 Å². The largest absolute Gasteiger partial charge is 0.355 e. The van der Waals surface area contributed by atoms with Crippen molar-refractivity contribution in [1.82, 2.24) is 9.88 Å². The zero-order chi connectivity index (χ0) is 23.6. The number of hydrogen-bond acceptors (Lipinski definition) is 4. The van der Waals surface area contributed by atoms with Crippen molar-refractivity contribution >= 4 is 49.8 Å². The Morgan fingerprint density at radius 1 is 1.06 bits per heavy atom. The Bertz CT molecular complexity index is 1560. The molecule has 172 valence electrons. The fraction of sp³-hybridized carbons (Fsp3) is 0.160. The lowest BCUT2D eigenvalue weighted by atomic mass is 9.96. The number of anilines is 2. The lowest BCUT2D eigenvalue weighted by Gasteiger charge is -2.46. The number of carbonyl (C=O) groups is 1. The third-order valence-corrected chi connectivity index (χ3v) is 8.26. The summed E-state index contributed by atoms with van der Waals surface area (Å²) >= 11 is 5.88. The summed E-state index contributed by atoms with van der Waals surface area (Å²) in [6.45, 7) is 0.586. The highest BCUT2D eigenvalue weighted by Crippen LogP contribution is 2.43. The summed E-state index contributed by atoms with van der Waals surface area (Å²) in [5, 5.41) is 1.64. The Labute approximate surface area is 202 Å². The van der Waals surface area contributed by atoms with E-state index in [1.165, 1.54) is 35.2 Å². The van der Waals surface area contributed by atoms with Crippen molar-refractivity contribution in [3.8, 4) is 0 Å². The number of amides is 1.